The number of aromatic nitrogens is 3. The van der Waals surface area contributed by atoms with Crippen LogP contribution in [0.15, 0.2) is 48.8 Å². The molecule has 0 aliphatic carbocycles. The summed E-state index contributed by atoms with van der Waals surface area (Å²) in [7, 11) is 0. The number of anilines is 3. The molecule has 0 unspecified atom stereocenters. The number of alkyl halides is 2. The molecule has 4 rings (SSSR count). The maximum Gasteiger partial charge on any atom is 0.387 e. The number of ether oxygens (including phenoxy) is 2. The van der Waals surface area contributed by atoms with E-state index in [1.165, 1.54) is 18.3 Å². The second kappa shape index (κ2) is 8.95. The van der Waals surface area contributed by atoms with E-state index in [1.807, 2.05) is 4.90 Å². The minimum atomic E-state index is -2.88. The summed E-state index contributed by atoms with van der Waals surface area (Å²) in [5.74, 6) is 0.510. The molecule has 0 radical (unpaired) electrons. The molecular formula is C20H18F3N5O2. The summed E-state index contributed by atoms with van der Waals surface area (Å²) in [6.07, 6.45) is 2.68. The van der Waals surface area contributed by atoms with Crippen molar-refractivity contribution in [1.82, 2.24) is 15.2 Å². The molecule has 1 fully saturated rings. The Bertz CT molecular complexity index is 998. The molecule has 1 aliphatic heterocycles. The van der Waals surface area contributed by atoms with Crippen LogP contribution in [0, 0.1) is 5.82 Å². The van der Waals surface area contributed by atoms with E-state index >= 15 is 0 Å². The van der Waals surface area contributed by atoms with Crippen molar-refractivity contribution in [2.24, 2.45) is 0 Å². The number of nitrogens with one attached hydrogen (secondary N) is 1. The van der Waals surface area contributed by atoms with E-state index in [1.54, 1.807) is 24.3 Å². The number of halogens is 3. The van der Waals surface area contributed by atoms with Gasteiger partial charge in [0.2, 0.25) is 0 Å². The summed E-state index contributed by atoms with van der Waals surface area (Å²) in [6.45, 7) is -0.337. The van der Waals surface area contributed by atoms with Crippen LogP contribution in [0.4, 0.5) is 30.5 Å². The largest absolute Gasteiger partial charge is 0.435 e. The van der Waals surface area contributed by atoms with Crippen molar-refractivity contribution in [2.45, 2.75) is 6.61 Å². The van der Waals surface area contributed by atoms with Crippen molar-refractivity contribution < 1.29 is 22.6 Å². The topological polar surface area (TPSA) is 72.4 Å². The monoisotopic (exact) mass is 417 g/mol. The van der Waals surface area contributed by atoms with Crippen molar-refractivity contribution in [3.63, 3.8) is 0 Å². The second-order valence-electron chi connectivity index (χ2n) is 6.48. The van der Waals surface area contributed by atoms with Crippen molar-refractivity contribution >= 4 is 17.3 Å². The molecule has 156 valence electrons. The van der Waals surface area contributed by atoms with Crippen molar-refractivity contribution in [3.05, 3.63) is 54.6 Å². The highest BCUT2D eigenvalue weighted by atomic mass is 19.3. The van der Waals surface area contributed by atoms with Crippen LogP contribution in [-0.4, -0.2) is 48.1 Å². The number of pyridine rings is 1. The van der Waals surface area contributed by atoms with E-state index in [-0.39, 0.29) is 11.4 Å². The van der Waals surface area contributed by atoms with Gasteiger partial charge < -0.3 is 19.7 Å². The lowest BCUT2D eigenvalue weighted by Crippen LogP contribution is -2.36. The van der Waals surface area contributed by atoms with Gasteiger partial charge in [0, 0.05) is 24.7 Å². The Hall–Kier alpha value is -3.40. The first-order valence-electron chi connectivity index (χ1n) is 9.22. The van der Waals surface area contributed by atoms with Gasteiger partial charge in [-0.2, -0.15) is 13.9 Å². The Kier molecular flexibility index (Phi) is 5.94. The molecule has 1 aliphatic rings. The van der Waals surface area contributed by atoms with Gasteiger partial charge in [-0.25, -0.2) is 9.37 Å². The molecule has 0 bridgehead atoms. The average molecular weight is 417 g/mol. The molecule has 1 aromatic carbocycles. The predicted octanol–water partition coefficient (Wildman–Crippen LogP) is 3.86. The smallest absolute Gasteiger partial charge is 0.387 e. The summed E-state index contributed by atoms with van der Waals surface area (Å²) < 4.78 is 48.6. The van der Waals surface area contributed by atoms with Gasteiger partial charge in [0.25, 0.3) is 0 Å². The Labute approximate surface area is 170 Å². The Morgan fingerprint density at radius 2 is 1.80 bits per heavy atom. The SMILES string of the molecule is Fc1cnc(N2CCOCC2)cc1Nc1cc(-c2ccc(OC(F)F)cc2)cnn1. The van der Waals surface area contributed by atoms with Gasteiger partial charge in [0.1, 0.15) is 11.6 Å². The molecular weight excluding hydrogens is 399 g/mol. The zero-order valence-electron chi connectivity index (χ0n) is 15.8. The lowest BCUT2D eigenvalue weighted by atomic mass is 10.1. The number of rotatable bonds is 6. The molecule has 0 saturated carbocycles. The number of benzene rings is 1. The number of morpholine rings is 1. The summed E-state index contributed by atoms with van der Waals surface area (Å²) in [5, 5.41) is 10.9. The predicted molar refractivity (Wildman–Crippen MR) is 105 cm³/mol. The third-order valence-electron chi connectivity index (χ3n) is 4.51. The van der Waals surface area contributed by atoms with E-state index in [4.69, 9.17) is 4.74 Å². The second-order valence-corrected chi connectivity index (χ2v) is 6.48. The Balaban J connectivity index is 1.53. The maximum absolute atomic E-state index is 14.3. The third kappa shape index (κ3) is 4.77. The average Bonchev–Trinajstić information content (AvgIpc) is 2.76. The van der Waals surface area contributed by atoms with Crippen LogP contribution >= 0.6 is 0 Å². The Morgan fingerprint density at radius 1 is 1.03 bits per heavy atom. The van der Waals surface area contributed by atoms with E-state index in [0.717, 1.165) is 11.8 Å². The van der Waals surface area contributed by atoms with Crippen LogP contribution in [-0.2, 0) is 4.74 Å². The molecule has 1 N–H and O–H groups in total. The van der Waals surface area contributed by atoms with Gasteiger partial charge in [0.05, 0.1) is 31.3 Å². The summed E-state index contributed by atoms with van der Waals surface area (Å²) in [5.41, 5.74) is 1.62. The highest BCUT2D eigenvalue weighted by Gasteiger charge is 2.15. The van der Waals surface area contributed by atoms with Crippen molar-refractivity contribution in [1.29, 1.82) is 0 Å². The molecule has 10 heteroatoms. The van der Waals surface area contributed by atoms with Gasteiger partial charge in [-0.3, -0.25) is 0 Å². The first kappa shape index (κ1) is 19.9. The fraction of sp³-hybridized carbons (Fsp3) is 0.250. The summed E-state index contributed by atoms with van der Waals surface area (Å²) in [6, 6.07) is 9.43. The van der Waals surface area contributed by atoms with Gasteiger partial charge in [-0.1, -0.05) is 12.1 Å². The quantitative estimate of drug-likeness (QED) is 0.653. The van der Waals surface area contributed by atoms with Crippen LogP contribution in [0.5, 0.6) is 5.75 Å². The third-order valence-corrected chi connectivity index (χ3v) is 4.51. The van der Waals surface area contributed by atoms with E-state index in [0.29, 0.717) is 43.5 Å². The highest BCUT2D eigenvalue weighted by Crippen LogP contribution is 2.27. The minimum absolute atomic E-state index is 0.0589. The van der Waals surface area contributed by atoms with Crippen LogP contribution in [0.2, 0.25) is 0 Å². The lowest BCUT2D eigenvalue weighted by Gasteiger charge is -2.28. The molecule has 7 nitrogen and oxygen atoms in total. The molecule has 0 spiro atoms. The number of nitrogens with zero attached hydrogens (tertiary/aromatic N) is 4. The lowest BCUT2D eigenvalue weighted by molar-refractivity contribution is -0.0498. The van der Waals surface area contributed by atoms with E-state index < -0.39 is 12.4 Å². The molecule has 3 aromatic rings. The number of hydrogen-bond acceptors (Lipinski definition) is 7. The molecule has 30 heavy (non-hydrogen) atoms. The van der Waals surface area contributed by atoms with E-state index in [9.17, 15) is 13.2 Å². The first-order chi connectivity index (χ1) is 14.6. The molecule has 1 saturated heterocycles. The number of hydrogen-bond donors (Lipinski definition) is 1. The Morgan fingerprint density at radius 3 is 2.53 bits per heavy atom. The summed E-state index contributed by atoms with van der Waals surface area (Å²) in [4.78, 5) is 6.17. The standard InChI is InChI=1S/C20H18F3N5O2/c21-16-12-24-19(28-5-7-29-8-6-28)10-17(16)26-18-9-14(11-25-27-18)13-1-3-15(4-2-13)30-20(22)23/h1-4,9-12,20H,5-8H2,(H,24,26,27). The van der Waals surface area contributed by atoms with Gasteiger partial charge in [-0.15, -0.1) is 5.10 Å². The molecule has 2 aromatic heterocycles. The fourth-order valence-electron chi connectivity index (χ4n) is 3.04. The van der Waals surface area contributed by atoms with Crippen molar-refractivity contribution in [2.75, 3.05) is 36.5 Å². The summed E-state index contributed by atoms with van der Waals surface area (Å²) >= 11 is 0. The fourth-order valence-corrected chi connectivity index (χ4v) is 3.04. The van der Waals surface area contributed by atoms with Gasteiger partial charge in [0.15, 0.2) is 11.6 Å². The molecule has 0 amide bonds. The van der Waals surface area contributed by atoms with Crippen LogP contribution in [0.3, 0.4) is 0 Å². The molecule has 0 atom stereocenters. The van der Waals surface area contributed by atoms with Gasteiger partial charge >= 0.3 is 6.61 Å². The first-order valence-corrected chi connectivity index (χ1v) is 9.22. The zero-order chi connectivity index (χ0) is 20.9. The van der Waals surface area contributed by atoms with Crippen LogP contribution in [0.1, 0.15) is 0 Å². The zero-order valence-corrected chi connectivity index (χ0v) is 15.8. The van der Waals surface area contributed by atoms with Crippen molar-refractivity contribution in [3.8, 4) is 16.9 Å². The maximum atomic E-state index is 14.3. The van der Waals surface area contributed by atoms with Crippen LogP contribution in [0.25, 0.3) is 11.1 Å². The van der Waals surface area contributed by atoms with Gasteiger partial charge in [-0.05, 0) is 23.8 Å². The van der Waals surface area contributed by atoms with Crippen LogP contribution < -0.4 is 15.0 Å². The normalized spacial score (nSPS) is 14.1. The minimum Gasteiger partial charge on any atom is -0.435 e. The van der Waals surface area contributed by atoms with E-state index in [2.05, 4.69) is 25.2 Å². The molecule has 3 heterocycles. The highest BCUT2D eigenvalue weighted by molar-refractivity contribution is 5.69.